The van der Waals surface area contributed by atoms with Gasteiger partial charge in [0.15, 0.2) is 0 Å². The topological polar surface area (TPSA) is 140 Å². The van der Waals surface area contributed by atoms with Crippen LogP contribution in [0.1, 0.15) is 427 Å². The van der Waals surface area contributed by atoms with Crippen LogP contribution in [0.15, 0.2) is 0 Å². The number of hydrogen-bond donors (Lipinski definition) is 4. The summed E-state index contributed by atoms with van der Waals surface area (Å²) in [5, 5.41) is 41.2. The van der Waals surface area contributed by atoms with Gasteiger partial charge in [0.25, 0.3) is 0 Å². The van der Waals surface area contributed by atoms with Crippen LogP contribution in [0, 0.1) is 11.8 Å². The molecule has 0 bridgehead atoms. The molecule has 0 aliphatic carbocycles. The maximum absolute atomic E-state index is 12.1. The number of ether oxygens (including phenoxy) is 2. The number of aliphatic hydroxyl groups is 4. The second kappa shape index (κ2) is 78.7. The van der Waals surface area contributed by atoms with E-state index in [0.29, 0.717) is 45.1 Å². The molecule has 0 radical (unpaired) electrons. The van der Waals surface area contributed by atoms with Crippen LogP contribution in [0.2, 0.25) is 0 Å². The normalized spacial score (nSPS) is 13.0. The molecule has 92 heavy (non-hydrogen) atoms. The molecule has 0 amide bonds. The van der Waals surface area contributed by atoms with Gasteiger partial charge in [-0.1, -0.05) is 337 Å². The Morgan fingerprint density at radius 1 is 0.293 bits per heavy atom. The van der Waals surface area contributed by atoms with E-state index in [-0.39, 0.29) is 37.4 Å². The molecule has 0 fully saturated rings. The van der Waals surface area contributed by atoms with E-state index in [1.807, 2.05) is 0 Å². The van der Waals surface area contributed by atoms with Crippen LogP contribution in [0.5, 0.6) is 0 Å². The molecule has 0 aromatic heterocycles. The van der Waals surface area contributed by atoms with Crippen molar-refractivity contribution in [1.29, 1.82) is 0 Å². The molecule has 0 saturated carbocycles. The van der Waals surface area contributed by atoms with Crippen molar-refractivity contribution in [2.45, 2.75) is 439 Å². The van der Waals surface area contributed by atoms with Crippen molar-refractivity contribution in [3.63, 3.8) is 0 Å². The molecule has 0 aliphatic heterocycles. The molecule has 0 saturated heterocycles. The Bertz CT molecular complexity index is 1410. The number of carbonyl (C=O) groups is 2. The monoisotopic (exact) mass is 1310 g/mol. The van der Waals surface area contributed by atoms with Crippen molar-refractivity contribution in [3.8, 4) is 0 Å². The van der Waals surface area contributed by atoms with Crippen molar-refractivity contribution in [3.05, 3.63) is 0 Å². The van der Waals surface area contributed by atoms with Crippen LogP contribution < -0.4 is 0 Å². The average Bonchev–Trinajstić information content (AvgIpc) is 3.62. The van der Waals surface area contributed by atoms with E-state index >= 15 is 0 Å². The summed E-state index contributed by atoms with van der Waals surface area (Å²) >= 11 is 0. The molecular weight excluding hydrogens is 1140 g/mol. The van der Waals surface area contributed by atoms with E-state index in [1.54, 1.807) is 0 Å². The molecule has 0 aliphatic rings. The first-order valence-corrected chi connectivity index (χ1v) is 41.5. The number of rotatable bonds is 76. The van der Waals surface area contributed by atoms with E-state index in [1.165, 1.54) is 289 Å². The standard InChI is InChI=1S/2C41H83NO4/c1-4-7-10-13-19-25-32-39(31-24-12-9-6-3)40(44)38-42(35-28-23-29-36-43)34-27-21-17-15-16-18-22-30-37-46-41(45)33-26-20-14-11-8-5-2;1-4-7-10-13-16-18-21-25-30-39(29-24-20-15-12-9-6-3)33-34-42(35-36-43)38-40(44)31-26-23-27-32-41(45)46-37-28-22-19-17-14-11-8-5-2/h2*39-40,43-44H,4-38H2,1-3H3. The molecule has 4 unspecified atom stereocenters. The number of carbonyl (C=O) groups excluding carboxylic acids is 2. The third-order valence-electron chi connectivity index (χ3n) is 19.7. The van der Waals surface area contributed by atoms with Crippen LogP contribution in [0.4, 0.5) is 0 Å². The highest BCUT2D eigenvalue weighted by Gasteiger charge is 2.22. The number of aliphatic hydroxyl groups excluding tert-OH is 4. The number of nitrogens with zero attached hydrogens (tertiary/aromatic N) is 2. The third-order valence-corrected chi connectivity index (χ3v) is 19.7. The van der Waals surface area contributed by atoms with Crippen molar-refractivity contribution in [2.75, 3.05) is 65.7 Å². The Morgan fingerprint density at radius 3 is 0.989 bits per heavy atom. The Morgan fingerprint density at radius 2 is 0.598 bits per heavy atom. The molecule has 0 aromatic rings. The minimum Gasteiger partial charge on any atom is -0.466 e. The summed E-state index contributed by atoms with van der Waals surface area (Å²) in [6, 6.07) is 0. The summed E-state index contributed by atoms with van der Waals surface area (Å²) in [7, 11) is 0. The smallest absolute Gasteiger partial charge is 0.305 e. The van der Waals surface area contributed by atoms with Gasteiger partial charge >= 0.3 is 11.9 Å². The molecule has 0 heterocycles. The summed E-state index contributed by atoms with van der Waals surface area (Å²) in [6.07, 6.45) is 72.4. The molecule has 0 rings (SSSR count). The zero-order valence-corrected chi connectivity index (χ0v) is 63.1. The van der Waals surface area contributed by atoms with E-state index in [0.717, 1.165) is 116 Å². The second-order valence-corrected chi connectivity index (χ2v) is 28.8. The maximum atomic E-state index is 12.1. The van der Waals surface area contributed by atoms with Gasteiger partial charge in [0, 0.05) is 39.1 Å². The highest BCUT2D eigenvalue weighted by molar-refractivity contribution is 5.69. The molecular formula is C82H166N2O8. The molecule has 552 valence electrons. The second-order valence-electron chi connectivity index (χ2n) is 28.8. The van der Waals surface area contributed by atoms with E-state index in [2.05, 4.69) is 51.3 Å². The molecule has 0 aromatic carbocycles. The largest absolute Gasteiger partial charge is 0.466 e. The van der Waals surface area contributed by atoms with Gasteiger partial charge in [-0.3, -0.25) is 14.5 Å². The van der Waals surface area contributed by atoms with Crippen LogP contribution in [-0.4, -0.2) is 120 Å². The fourth-order valence-corrected chi connectivity index (χ4v) is 13.4. The first-order chi connectivity index (χ1) is 45.1. The molecule has 4 atom stereocenters. The predicted molar refractivity (Wildman–Crippen MR) is 399 cm³/mol. The van der Waals surface area contributed by atoms with Gasteiger partial charge in [0.1, 0.15) is 0 Å². The van der Waals surface area contributed by atoms with Gasteiger partial charge in [0.05, 0.1) is 32.0 Å². The van der Waals surface area contributed by atoms with E-state index < -0.39 is 0 Å². The van der Waals surface area contributed by atoms with Gasteiger partial charge in [-0.2, -0.15) is 0 Å². The van der Waals surface area contributed by atoms with Gasteiger partial charge in [0.2, 0.25) is 0 Å². The fourth-order valence-electron chi connectivity index (χ4n) is 13.4. The lowest BCUT2D eigenvalue weighted by Crippen LogP contribution is -2.38. The van der Waals surface area contributed by atoms with Crippen LogP contribution >= 0.6 is 0 Å². The van der Waals surface area contributed by atoms with E-state index in [4.69, 9.17) is 9.47 Å². The van der Waals surface area contributed by atoms with Crippen molar-refractivity contribution < 1.29 is 39.5 Å². The Balaban J connectivity index is 0. The highest BCUT2D eigenvalue weighted by atomic mass is 16.5. The van der Waals surface area contributed by atoms with Gasteiger partial charge < -0.3 is 34.8 Å². The Labute approximate surface area is 575 Å². The summed E-state index contributed by atoms with van der Waals surface area (Å²) in [5.41, 5.74) is 0. The maximum Gasteiger partial charge on any atom is 0.305 e. The van der Waals surface area contributed by atoms with Crippen LogP contribution in [-0.2, 0) is 19.1 Å². The van der Waals surface area contributed by atoms with Gasteiger partial charge in [-0.05, 0) is 109 Å². The lowest BCUT2D eigenvalue weighted by Gasteiger charge is -2.30. The van der Waals surface area contributed by atoms with Crippen LogP contribution in [0.3, 0.4) is 0 Å². The van der Waals surface area contributed by atoms with E-state index in [9.17, 15) is 30.0 Å². The third kappa shape index (κ3) is 71.5. The summed E-state index contributed by atoms with van der Waals surface area (Å²) in [5.74, 6) is 1.12. The summed E-state index contributed by atoms with van der Waals surface area (Å²) in [6.45, 7) is 20.4. The molecule has 10 nitrogen and oxygen atoms in total. The SMILES string of the molecule is CCCCCCCCC(=O)OCCCCCCCCCCN(CCCCCO)CC(O)C(CCCCCC)CCCCCCCC.CCCCCCCCCCOC(=O)CCCCCC(O)CN(CCO)CCC(CCCCCCCC)CCCCCCCCCC. The van der Waals surface area contributed by atoms with Gasteiger partial charge in [-0.25, -0.2) is 0 Å². The fraction of sp³-hybridized carbons (Fsp3) is 0.976. The average molecular weight is 1310 g/mol. The Kier molecular flexibility index (Phi) is 79.3. The van der Waals surface area contributed by atoms with Crippen molar-refractivity contribution in [1.82, 2.24) is 9.80 Å². The lowest BCUT2D eigenvalue weighted by molar-refractivity contribution is -0.144. The summed E-state index contributed by atoms with van der Waals surface area (Å²) < 4.78 is 10.9. The number of esters is 2. The summed E-state index contributed by atoms with van der Waals surface area (Å²) in [4.78, 5) is 28.8. The zero-order chi connectivity index (χ0) is 67.5. The van der Waals surface area contributed by atoms with Gasteiger partial charge in [-0.15, -0.1) is 0 Å². The predicted octanol–water partition coefficient (Wildman–Crippen LogP) is 23.1. The minimum atomic E-state index is -0.370. The lowest BCUT2D eigenvalue weighted by atomic mass is 9.89. The number of unbranched alkanes of at least 4 members (excludes halogenated alkanes) is 43. The highest BCUT2D eigenvalue weighted by Crippen LogP contribution is 2.26. The van der Waals surface area contributed by atoms with Crippen LogP contribution in [0.25, 0.3) is 0 Å². The quantitative estimate of drug-likeness (QED) is 0.0344. The van der Waals surface area contributed by atoms with Crippen molar-refractivity contribution >= 4 is 11.9 Å². The Hall–Kier alpha value is -1.30. The molecule has 10 heteroatoms. The molecule has 4 N–H and O–H groups in total. The first kappa shape index (κ1) is 92.8. The number of hydrogen-bond acceptors (Lipinski definition) is 10. The van der Waals surface area contributed by atoms with Crippen molar-refractivity contribution in [2.24, 2.45) is 11.8 Å². The minimum absolute atomic E-state index is 0.00856. The zero-order valence-electron chi connectivity index (χ0n) is 63.1. The molecule has 0 spiro atoms. The first-order valence-electron chi connectivity index (χ1n) is 41.5.